The second-order valence-electron chi connectivity index (χ2n) is 4.78. The van der Waals surface area contributed by atoms with Crippen molar-refractivity contribution in [1.29, 1.82) is 0 Å². The lowest BCUT2D eigenvalue weighted by Crippen LogP contribution is -2.15. The van der Waals surface area contributed by atoms with Gasteiger partial charge >= 0.3 is 0 Å². The molecule has 0 amide bonds. The third-order valence-electron chi connectivity index (χ3n) is 4.10. The fraction of sp³-hybridized carbons (Fsp3) is 0.571. The first kappa shape index (κ1) is 9.41. The zero-order valence-corrected chi connectivity index (χ0v) is 9.28. The van der Waals surface area contributed by atoms with Crippen LogP contribution in [0.2, 0.25) is 0 Å². The van der Waals surface area contributed by atoms with E-state index >= 15 is 0 Å². The van der Waals surface area contributed by atoms with Crippen LogP contribution in [0.3, 0.4) is 0 Å². The molecule has 1 aromatic carbocycles. The number of hydrogen-bond acceptors (Lipinski definition) is 1. The van der Waals surface area contributed by atoms with E-state index in [0.717, 1.165) is 12.5 Å². The predicted octanol–water partition coefficient (Wildman–Crippen LogP) is 3.36. The topological polar surface area (TPSA) is 9.23 Å². The Hall–Kier alpha value is -0.820. The van der Waals surface area contributed by atoms with E-state index in [9.17, 15) is 0 Å². The molecule has 0 N–H and O–H groups in total. The highest BCUT2D eigenvalue weighted by molar-refractivity contribution is 5.36. The van der Waals surface area contributed by atoms with Gasteiger partial charge in [0.25, 0.3) is 0 Å². The van der Waals surface area contributed by atoms with Crippen LogP contribution in [0.4, 0.5) is 0 Å². The van der Waals surface area contributed by atoms with E-state index in [1.54, 1.807) is 0 Å². The molecular formula is C14H18O. The smallest absolute Gasteiger partial charge is 0.0789 e. The summed E-state index contributed by atoms with van der Waals surface area (Å²) >= 11 is 0. The third-order valence-corrected chi connectivity index (χ3v) is 4.10. The fourth-order valence-electron chi connectivity index (χ4n) is 3.56. The maximum Gasteiger partial charge on any atom is 0.0789 e. The summed E-state index contributed by atoms with van der Waals surface area (Å²) in [4.78, 5) is 0. The minimum Gasteiger partial charge on any atom is -0.374 e. The average molecular weight is 202 g/mol. The highest BCUT2D eigenvalue weighted by Crippen LogP contribution is 2.68. The normalized spacial score (nSPS) is 37.7. The minimum absolute atomic E-state index is 0.232. The van der Waals surface area contributed by atoms with Crippen molar-refractivity contribution in [3.05, 3.63) is 35.9 Å². The van der Waals surface area contributed by atoms with E-state index in [4.69, 9.17) is 4.74 Å². The van der Waals surface area contributed by atoms with Crippen molar-refractivity contribution < 1.29 is 4.74 Å². The molecule has 0 spiro atoms. The van der Waals surface area contributed by atoms with Gasteiger partial charge in [0.2, 0.25) is 0 Å². The first-order valence-corrected chi connectivity index (χ1v) is 6.07. The zero-order valence-electron chi connectivity index (χ0n) is 9.28. The summed E-state index contributed by atoms with van der Waals surface area (Å²) in [5.74, 6) is 1.49. The largest absolute Gasteiger partial charge is 0.374 e. The van der Waals surface area contributed by atoms with E-state index in [0.29, 0.717) is 5.92 Å². The quantitative estimate of drug-likeness (QED) is 0.730. The second-order valence-corrected chi connectivity index (χ2v) is 4.78. The van der Waals surface area contributed by atoms with Crippen molar-refractivity contribution in [3.63, 3.8) is 0 Å². The van der Waals surface area contributed by atoms with E-state index in [2.05, 4.69) is 37.3 Å². The Morgan fingerprint density at radius 2 is 2.13 bits per heavy atom. The summed E-state index contributed by atoms with van der Waals surface area (Å²) in [6.07, 6.45) is 3.98. The Morgan fingerprint density at radius 3 is 2.87 bits per heavy atom. The maximum atomic E-state index is 6.03. The number of hydrogen-bond donors (Lipinski definition) is 0. The first-order chi connectivity index (χ1) is 7.38. The fourth-order valence-corrected chi connectivity index (χ4v) is 3.56. The van der Waals surface area contributed by atoms with Gasteiger partial charge in [0.15, 0.2) is 0 Å². The van der Waals surface area contributed by atoms with Crippen LogP contribution in [0.25, 0.3) is 0 Å². The molecule has 1 nitrogen and oxygen atoms in total. The van der Waals surface area contributed by atoms with Gasteiger partial charge in [-0.25, -0.2) is 0 Å². The Bertz CT molecular complexity index is 346. The highest BCUT2D eigenvalue weighted by atomic mass is 16.5. The zero-order chi connectivity index (χ0) is 10.3. The van der Waals surface area contributed by atoms with Gasteiger partial charge in [0.05, 0.1) is 5.60 Å². The van der Waals surface area contributed by atoms with Crippen LogP contribution in [0, 0.1) is 5.92 Å². The van der Waals surface area contributed by atoms with Gasteiger partial charge in [-0.05, 0) is 31.2 Å². The summed E-state index contributed by atoms with van der Waals surface area (Å²) in [5, 5.41) is 0. The lowest BCUT2D eigenvalue weighted by Gasteiger charge is -2.15. The van der Waals surface area contributed by atoms with Crippen molar-refractivity contribution in [2.75, 3.05) is 6.61 Å². The molecule has 2 saturated carbocycles. The lowest BCUT2D eigenvalue weighted by atomic mass is 10.0. The van der Waals surface area contributed by atoms with Gasteiger partial charge in [-0.1, -0.05) is 36.8 Å². The van der Waals surface area contributed by atoms with E-state index in [-0.39, 0.29) is 5.60 Å². The highest BCUT2D eigenvalue weighted by Gasteiger charge is 2.67. The molecule has 0 bridgehead atoms. The lowest BCUT2D eigenvalue weighted by molar-refractivity contribution is 0.0320. The summed E-state index contributed by atoms with van der Waals surface area (Å²) < 4.78 is 6.03. The summed E-state index contributed by atoms with van der Waals surface area (Å²) in [6, 6.07) is 10.9. The summed E-state index contributed by atoms with van der Waals surface area (Å²) in [7, 11) is 0. The average Bonchev–Trinajstić information content (AvgIpc) is 2.69. The van der Waals surface area contributed by atoms with E-state index < -0.39 is 0 Å². The number of benzene rings is 1. The molecule has 2 aliphatic carbocycles. The van der Waals surface area contributed by atoms with Crippen LogP contribution in [0.15, 0.2) is 30.3 Å². The molecule has 1 heteroatoms. The SMILES string of the molecule is CCO[C@]12CCC[C@H]1[C@H]2c1ccccc1. The molecule has 15 heavy (non-hydrogen) atoms. The van der Waals surface area contributed by atoms with Crippen LogP contribution in [-0.2, 0) is 4.74 Å². The Labute approximate surface area is 91.5 Å². The predicted molar refractivity (Wildman–Crippen MR) is 60.9 cm³/mol. The van der Waals surface area contributed by atoms with Crippen LogP contribution in [0.5, 0.6) is 0 Å². The van der Waals surface area contributed by atoms with Gasteiger partial charge in [0, 0.05) is 12.5 Å². The second kappa shape index (κ2) is 3.34. The van der Waals surface area contributed by atoms with Crippen molar-refractivity contribution in [2.24, 2.45) is 5.92 Å². The molecular weight excluding hydrogens is 184 g/mol. The number of fused-ring (bicyclic) bond motifs is 1. The van der Waals surface area contributed by atoms with Crippen molar-refractivity contribution in [3.8, 4) is 0 Å². The van der Waals surface area contributed by atoms with Gasteiger partial charge < -0.3 is 4.74 Å². The molecule has 0 aromatic heterocycles. The molecule has 0 unspecified atom stereocenters. The monoisotopic (exact) mass is 202 g/mol. The molecule has 3 rings (SSSR count). The van der Waals surface area contributed by atoms with E-state index in [1.807, 2.05) is 0 Å². The van der Waals surface area contributed by atoms with E-state index in [1.165, 1.54) is 24.8 Å². The summed E-state index contributed by atoms with van der Waals surface area (Å²) in [5.41, 5.74) is 1.71. The van der Waals surface area contributed by atoms with Crippen LogP contribution in [0.1, 0.15) is 37.7 Å². The van der Waals surface area contributed by atoms with Crippen molar-refractivity contribution >= 4 is 0 Å². The standard InChI is InChI=1S/C14H18O/c1-2-15-14-10-6-9-12(14)13(14)11-7-4-3-5-8-11/h3-5,7-8,12-13H,2,6,9-10H2,1H3/t12-,13+,14+/m0/s1. The van der Waals surface area contributed by atoms with Crippen molar-refractivity contribution in [2.45, 2.75) is 37.7 Å². The molecule has 2 fully saturated rings. The number of ether oxygens (including phenoxy) is 1. The molecule has 80 valence electrons. The number of rotatable bonds is 3. The van der Waals surface area contributed by atoms with Crippen LogP contribution >= 0.6 is 0 Å². The Kier molecular flexibility index (Phi) is 2.10. The van der Waals surface area contributed by atoms with Gasteiger partial charge in [-0.2, -0.15) is 0 Å². The minimum atomic E-state index is 0.232. The molecule has 0 radical (unpaired) electrons. The van der Waals surface area contributed by atoms with Gasteiger partial charge in [-0.15, -0.1) is 0 Å². The Morgan fingerprint density at radius 1 is 1.33 bits per heavy atom. The molecule has 0 heterocycles. The molecule has 0 saturated heterocycles. The van der Waals surface area contributed by atoms with Crippen LogP contribution < -0.4 is 0 Å². The van der Waals surface area contributed by atoms with Gasteiger partial charge in [-0.3, -0.25) is 0 Å². The van der Waals surface area contributed by atoms with Crippen molar-refractivity contribution in [1.82, 2.24) is 0 Å². The molecule has 2 aliphatic rings. The molecule has 3 atom stereocenters. The molecule has 0 aliphatic heterocycles. The third kappa shape index (κ3) is 1.26. The Balaban J connectivity index is 1.86. The van der Waals surface area contributed by atoms with Gasteiger partial charge in [0.1, 0.15) is 0 Å². The first-order valence-electron chi connectivity index (χ1n) is 6.07. The van der Waals surface area contributed by atoms with Crippen LogP contribution in [-0.4, -0.2) is 12.2 Å². The maximum absolute atomic E-state index is 6.03. The molecule has 1 aromatic rings. The summed E-state index contributed by atoms with van der Waals surface area (Å²) in [6.45, 7) is 2.98.